The van der Waals surface area contributed by atoms with E-state index in [1.807, 2.05) is 30.5 Å². The third kappa shape index (κ3) is 2.91. The van der Waals surface area contributed by atoms with E-state index in [-0.39, 0.29) is 6.04 Å². The Morgan fingerprint density at radius 3 is 2.94 bits per heavy atom. The number of thiazole rings is 1. The maximum atomic E-state index is 6.20. The molecule has 3 nitrogen and oxygen atoms in total. The first kappa shape index (κ1) is 12.2. The van der Waals surface area contributed by atoms with E-state index in [4.69, 9.17) is 10.5 Å². The maximum absolute atomic E-state index is 6.20. The minimum absolute atomic E-state index is 0.148. The molecule has 0 fully saturated rings. The summed E-state index contributed by atoms with van der Waals surface area (Å²) in [7, 11) is 1.69. The normalized spacial score (nSPS) is 12.6. The van der Waals surface area contributed by atoms with Crippen LogP contribution in [-0.2, 0) is 11.3 Å². The van der Waals surface area contributed by atoms with Crippen LogP contribution in [0.1, 0.15) is 27.9 Å². The lowest BCUT2D eigenvalue weighted by Gasteiger charge is -2.10. The average Bonchev–Trinajstić information content (AvgIpc) is 2.76. The van der Waals surface area contributed by atoms with Crippen molar-refractivity contribution in [3.63, 3.8) is 0 Å². The van der Waals surface area contributed by atoms with E-state index in [0.29, 0.717) is 6.61 Å². The number of aryl methyl sites for hydroxylation is 1. The molecule has 4 heteroatoms. The summed E-state index contributed by atoms with van der Waals surface area (Å²) in [6.07, 6.45) is 0. The molecular weight excluding hydrogens is 232 g/mol. The molecule has 0 amide bonds. The van der Waals surface area contributed by atoms with Crippen molar-refractivity contribution in [3.05, 3.63) is 51.5 Å². The summed E-state index contributed by atoms with van der Waals surface area (Å²) < 4.78 is 5.12. The molecule has 0 spiro atoms. The van der Waals surface area contributed by atoms with Gasteiger partial charge in [0.15, 0.2) is 0 Å². The Bertz CT molecular complexity index is 496. The molecule has 1 unspecified atom stereocenters. The number of nitrogens with zero attached hydrogens (tertiary/aromatic N) is 1. The third-order valence-electron chi connectivity index (χ3n) is 2.52. The molecule has 0 aliphatic rings. The Morgan fingerprint density at radius 2 is 2.29 bits per heavy atom. The van der Waals surface area contributed by atoms with Gasteiger partial charge in [-0.3, -0.25) is 0 Å². The molecular formula is C13H16N2OS. The SMILES string of the molecule is COCc1cccc(C(N)c2nc(C)cs2)c1. The van der Waals surface area contributed by atoms with Crippen molar-refractivity contribution in [1.82, 2.24) is 4.98 Å². The number of methoxy groups -OCH3 is 1. The number of rotatable bonds is 4. The Balaban J connectivity index is 2.24. The van der Waals surface area contributed by atoms with Gasteiger partial charge in [0.25, 0.3) is 0 Å². The second-order valence-electron chi connectivity index (χ2n) is 3.98. The lowest BCUT2D eigenvalue weighted by molar-refractivity contribution is 0.185. The number of hydrogen-bond acceptors (Lipinski definition) is 4. The van der Waals surface area contributed by atoms with Crippen molar-refractivity contribution in [2.75, 3.05) is 7.11 Å². The standard InChI is InChI=1S/C13H16N2OS/c1-9-8-17-13(15-9)12(14)11-5-3-4-10(6-11)7-16-2/h3-6,8,12H,7,14H2,1-2H3. The molecule has 0 saturated carbocycles. The summed E-state index contributed by atoms with van der Waals surface area (Å²) >= 11 is 1.60. The van der Waals surface area contributed by atoms with Crippen molar-refractivity contribution in [2.24, 2.45) is 5.73 Å². The zero-order valence-electron chi connectivity index (χ0n) is 10.0. The molecule has 0 saturated heterocycles. The summed E-state index contributed by atoms with van der Waals surface area (Å²) in [5.74, 6) is 0. The molecule has 1 aromatic carbocycles. The summed E-state index contributed by atoms with van der Waals surface area (Å²) in [6.45, 7) is 2.59. The van der Waals surface area contributed by atoms with Crippen LogP contribution in [0.5, 0.6) is 0 Å². The summed E-state index contributed by atoms with van der Waals surface area (Å²) in [5, 5.41) is 2.98. The average molecular weight is 248 g/mol. The van der Waals surface area contributed by atoms with Gasteiger partial charge >= 0.3 is 0 Å². The Hall–Kier alpha value is -1.23. The second-order valence-corrected chi connectivity index (χ2v) is 4.87. The highest BCUT2D eigenvalue weighted by Crippen LogP contribution is 2.23. The number of benzene rings is 1. The van der Waals surface area contributed by atoms with Gasteiger partial charge in [-0.2, -0.15) is 0 Å². The van der Waals surface area contributed by atoms with Crippen LogP contribution in [0, 0.1) is 6.92 Å². The van der Waals surface area contributed by atoms with Crippen LogP contribution in [0.2, 0.25) is 0 Å². The monoisotopic (exact) mass is 248 g/mol. The number of nitrogens with two attached hydrogens (primary N) is 1. The topological polar surface area (TPSA) is 48.1 Å². The highest BCUT2D eigenvalue weighted by Gasteiger charge is 2.12. The smallest absolute Gasteiger partial charge is 0.114 e. The quantitative estimate of drug-likeness (QED) is 0.905. The summed E-state index contributed by atoms with van der Waals surface area (Å²) in [6, 6.07) is 7.99. The maximum Gasteiger partial charge on any atom is 0.114 e. The van der Waals surface area contributed by atoms with Crippen LogP contribution in [-0.4, -0.2) is 12.1 Å². The lowest BCUT2D eigenvalue weighted by atomic mass is 10.1. The van der Waals surface area contributed by atoms with E-state index >= 15 is 0 Å². The molecule has 1 heterocycles. The Morgan fingerprint density at radius 1 is 1.47 bits per heavy atom. The van der Waals surface area contributed by atoms with Gasteiger partial charge in [-0.15, -0.1) is 11.3 Å². The number of aromatic nitrogens is 1. The Kier molecular flexibility index (Phi) is 3.89. The van der Waals surface area contributed by atoms with Crippen LogP contribution in [0.4, 0.5) is 0 Å². The molecule has 0 aliphatic carbocycles. The first-order valence-corrected chi connectivity index (χ1v) is 6.34. The van der Waals surface area contributed by atoms with E-state index in [1.54, 1.807) is 18.4 Å². The molecule has 90 valence electrons. The predicted molar refractivity (Wildman–Crippen MR) is 70.0 cm³/mol. The van der Waals surface area contributed by atoms with Crippen LogP contribution >= 0.6 is 11.3 Å². The van der Waals surface area contributed by atoms with Gasteiger partial charge in [0.1, 0.15) is 5.01 Å². The minimum atomic E-state index is -0.148. The molecule has 2 N–H and O–H groups in total. The minimum Gasteiger partial charge on any atom is -0.380 e. The summed E-state index contributed by atoms with van der Waals surface area (Å²) in [5.41, 5.74) is 9.43. The largest absolute Gasteiger partial charge is 0.380 e. The van der Waals surface area contributed by atoms with Crippen LogP contribution in [0.3, 0.4) is 0 Å². The Labute approximate surface area is 105 Å². The highest BCUT2D eigenvalue weighted by molar-refractivity contribution is 7.09. The molecule has 0 aliphatic heterocycles. The van der Waals surface area contributed by atoms with Crippen molar-refractivity contribution in [3.8, 4) is 0 Å². The van der Waals surface area contributed by atoms with E-state index in [9.17, 15) is 0 Å². The molecule has 2 aromatic rings. The van der Waals surface area contributed by atoms with E-state index < -0.39 is 0 Å². The molecule has 2 rings (SSSR count). The van der Waals surface area contributed by atoms with Gasteiger partial charge in [0, 0.05) is 18.2 Å². The molecule has 0 bridgehead atoms. The van der Waals surface area contributed by atoms with Crippen molar-refractivity contribution < 1.29 is 4.74 Å². The lowest BCUT2D eigenvalue weighted by Crippen LogP contribution is -2.11. The van der Waals surface area contributed by atoms with E-state index in [2.05, 4.69) is 11.1 Å². The fourth-order valence-corrected chi connectivity index (χ4v) is 2.52. The highest BCUT2D eigenvalue weighted by atomic mass is 32.1. The van der Waals surface area contributed by atoms with Gasteiger partial charge in [0.2, 0.25) is 0 Å². The van der Waals surface area contributed by atoms with Gasteiger partial charge in [-0.05, 0) is 18.1 Å². The zero-order valence-corrected chi connectivity index (χ0v) is 10.8. The fourth-order valence-electron chi connectivity index (χ4n) is 1.70. The van der Waals surface area contributed by atoms with Gasteiger partial charge in [-0.25, -0.2) is 4.98 Å². The molecule has 17 heavy (non-hydrogen) atoms. The third-order valence-corrected chi connectivity index (χ3v) is 3.57. The van der Waals surface area contributed by atoms with Gasteiger partial charge in [0.05, 0.1) is 12.6 Å². The van der Waals surface area contributed by atoms with E-state index in [1.165, 1.54) is 0 Å². The zero-order chi connectivity index (χ0) is 12.3. The second kappa shape index (κ2) is 5.40. The van der Waals surface area contributed by atoms with Crippen molar-refractivity contribution in [1.29, 1.82) is 0 Å². The van der Waals surface area contributed by atoms with Crippen molar-refractivity contribution in [2.45, 2.75) is 19.6 Å². The molecule has 1 aromatic heterocycles. The van der Waals surface area contributed by atoms with Crippen LogP contribution < -0.4 is 5.73 Å². The van der Waals surface area contributed by atoms with Gasteiger partial charge in [-0.1, -0.05) is 24.3 Å². The predicted octanol–water partition coefficient (Wildman–Crippen LogP) is 2.65. The van der Waals surface area contributed by atoms with Crippen molar-refractivity contribution >= 4 is 11.3 Å². The number of ether oxygens (including phenoxy) is 1. The fraction of sp³-hybridized carbons (Fsp3) is 0.308. The van der Waals surface area contributed by atoms with Crippen LogP contribution in [0.25, 0.3) is 0 Å². The molecule has 0 radical (unpaired) electrons. The molecule has 1 atom stereocenters. The first-order chi connectivity index (χ1) is 8.20. The first-order valence-electron chi connectivity index (χ1n) is 5.46. The van der Waals surface area contributed by atoms with E-state index in [0.717, 1.165) is 21.8 Å². The van der Waals surface area contributed by atoms with Gasteiger partial charge < -0.3 is 10.5 Å². The van der Waals surface area contributed by atoms with Crippen LogP contribution in [0.15, 0.2) is 29.6 Å². The summed E-state index contributed by atoms with van der Waals surface area (Å²) in [4.78, 5) is 4.42. The number of hydrogen-bond donors (Lipinski definition) is 1.